The molecule has 0 bridgehead atoms. The molecule has 2 fully saturated rings. The van der Waals surface area contributed by atoms with Gasteiger partial charge in [-0.3, -0.25) is 9.59 Å². The molecule has 0 radical (unpaired) electrons. The molecule has 0 aliphatic carbocycles. The minimum Gasteiger partial charge on any atom is -0.432 e. The second-order valence-corrected chi connectivity index (χ2v) is 15.1. The highest BCUT2D eigenvalue weighted by Crippen LogP contribution is 2.45. The van der Waals surface area contributed by atoms with Crippen LogP contribution in [0, 0.1) is 5.92 Å². The lowest BCUT2D eigenvalue weighted by molar-refractivity contribution is -0.135. The summed E-state index contributed by atoms with van der Waals surface area (Å²) < 4.78 is 6.47. The van der Waals surface area contributed by atoms with E-state index in [0.29, 0.717) is 12.1 Å². The molecule has 0 aromatic heterocycles. The van der Waals surface area contributed by atoms with E-state index in [1.54, 1.807) is 17.0 Å². The monoisotopic (exact) mass is 524 g/mol. The number of hydrogen-bond acceptors (Lipinski definition) is 5. The first-order valence-corrected chi connectivity index (χ1v) is 16.4. The zero-order valence-electron chi connectivity index (χ0n) is 22.1. The predicted octanol–water partition coefficient (Wildman–Crippen LogP) is 4.22. The Morgan fingerprint density at radius 2 is 1.78 bits per heavy atom. The van der Waals surface area contributed by atoms with Crippen molar-refractivity contribution in [2.24, 2.45) is 5.92 Å². The number of rotatable bonds is 9. The van der Waals surface area contributed by atoms with Gasteiger partial charge in [0, 0.05) is 23.3 Å². The number of likely N-dealkylation sites (tertiary alicyclic amines) is 1. The summed E-state index contributed by atoms with van der Waals surface area (Å²) in [6.45, 7) is 6.69. The number of nitrogens with one attached hydrogen (secondary N) is 1. The number of carbonyl (C=O) groups excluding carboxylic acids is 2. The van der Waals surface area contributed by atoms with Crippen molar-refractivity contribution in [1.29, 1.82) is 0 Å². The smallest absolute Gasteiger partial charge is 0.255 e. The van der Waals surface area contributed by atoms with Crippen LogP contribution in [0.25, 0.3) is 0 Å². The van der Waals surface area contributed by atoms with Gasteiger partial charge in [-0.2, -0.15) is 0 Å². The van der Waals surface area contributed by atoms with E-state index in [-0.39, 0.29) is 54.6 Å². The van der Waals surface area contributed by atoms with Crippen LogP contribution in [-0.2, 0) is 16.0 Å². The number of aliphatic hydroxyl groups is 1. The lowest BCUT2D eigenvalue weighted by atomic mass is 9.95. The van der Waals surface area contributed by atoms with E-state index in [9.17, 15) is 19.5 Å². The standard InChI is InChI=1S/C29H40N2O5Si/c1-20-25(16-13-21-11-14-23(15-12-21)30-29(34)22-8-5-4-6-9-22)36-26(28(20)37(2,3)35)18-27(33)31-17-7-10-24(31)19-32/h4-6,8-9,11-12,14-15,20,24-26,28,32,35H,7,10,13,16-19H2,1-3H3,(H,30,34)/t20-,24+,25+,26-,28+/m1/s1. The van der Waals surface area contributed by atoms with E-state index < -0.39 is 8.32 Å². The molecule has 0 unspecified atom stereocenters. The van der Waals surface area contributed by atoms with Crippen molar-refractivity contribution in [3.8, 4) is 0 Å². The predicted molar refractivity (Wildman–Crippen MR) is 147 cm³/mol. The van der Waals surface area contributed by atoms with E-state index in [2.05, 4.69) is 12.2 Å². The Bertz CT molecular complexity index is 1060. The van der Waals surface area contributed by atoms with Crippen LogP contribution in [0.2, 0.25) is 18.6 Å². The highest BCUT2D eigenvalue weighted by molar-refractivity contribution is 6.71. The van der Waals surface area contributed by atoms with Gasteiger partial charge in [0.1, 0.15) is 0 Å². The molecule has 2 aliphatic rings. The van der Waals surface area contributed by atoms with Gasteiger partial charge >= 0.3 is 0 Å². The molecule has 2 aliphatic heterocycles. The number of anilines is 1. The molecule has 2 aromatic rings. The number of hydrogen-bond donors (Lipinski definition) is 3. The van der Waals surface area contributed by atoms with Crippen molar-refractivity contribution >= 4 is 25.8 Å². The number of carbonyl (C=O) groups is 2. The summed E-state index contributed by atoms with van der Waals surface area (Å²) in [6.07, 6.45) is 3.29. The minimum absolute atomic E-state index is 0.00527. The van der Waals surface area contributed by atoms with E-state index in [0.717, 1.165) is 36.9 Å². The number of benzene rings is 2. The van der Waals surface area contributed by atoms with Crippen molar-refractivity contribution in [3.05, 3.63) is 65.7 Å². The molecule has 2 saturated heterocycles. The lowest BCUT2D eigenvalue weighted by Crippen LogP contribution is -2.43. The molecule has 4 rings (SSSR count). The maximum Gasteiger partial charge on any atom is 0.255 e. The number of amides is 2. The van der Waals surface area contributed by atoms with Gasteiger partial charge in [0.05, 0.1) is 31.3 Å². The Kier molecular flexibility index (Phi) is 8.85. The third kappa shape index (κ3) is 6.68. The molecule has 0 saturated carbocycles. The van der Waals surface area contributed by atoms with Crippen LogP contribution >= 0.6 is 0 Å². The quantitative estimate of drug-likeness (QED) is 0.427. The van der Waals surface area contributed by atoms with Crippen LogP contribution in [0.3, 0.4) is 0 Å². The Hall–Kier alpha value is -2.52. The summed E-state index contributed by atoms with van der Waals surface area (Å²) in [5.74, 6) is 0.0371. The minimum atomic E-state index is -2.57. The average molecular weight is 525 g/mol. The Balaban J connectivity index is 1.35. The first-order chi connectivity index (χ1) is 17.7. The van der Waals surface area contributed by atoms with Gasteiger partial charge in [0.2, 0.25) is 5.91 Å². The fraction of sp³-hybridized carbons (Fsp3) is 0.517. The molecular weight excluding hydrogens is 484 g/mol. The second kappa shape index (κ2) is 11.9. The zero-order valence-corrected chi connectivity index (χ0v) is 23.1. The first-order valence-electron chi connectivity index (χ1n) is 13.4. The fourth-order valence-corrected chi connectivity index (χ4v) is 8.71. The van der Waals surface area contributed by atoms with Crippen molar-refractivity contribution in [2.75, 3.05) is 18.5 Å². The molecule has 200 valence electrons. The van der Waals surface area contributed by atoms with Crippen molar-refractivity contribution in [1.82, 2.24) is 4.90 Å². The van der Waals surface area contributed by atoms with Crippen LogP contribution in [0.4, 0.5) is 5.69 Å². The van der Waals surface area contributed by atoms with E-state index >= 15 is 0 Å². The molecule has 2 amide bonds. The van der Waals surface area contributed by atoms with Crippen molar-refractivity contribution in [3.63, 3.8) is 0 Å². The van der Waals surface area contributed by atoms with Gasteiger partial charge in [0.25, 0.3) is 5.91 Å². The molecular formula is C29H40N2O5Si. The van der Waals surface area contributed by atoms with Crippen molar-refractivity contribution < 1.29 is 24.2 Å². The molecule has 0 spiro atoms. The van der Waals surface area contributed by atoms with Gasteiger partial charge < -0.3 is 24.9 Å². The van der Waals surface area contributed by atoms with Gasteiger partial charge in [-0.05, 0) is 74.5 Å². The second-order valence-electron chi connectivity index (χ2n) is 11.1. The molecule has 5 atom stereocenters. The van der Waals surface area contributed by atoms with E-state index in [1.165, 1.54) is 0 Å². The highest BCUT2D eigenvalue weighted by Gasteiger charge is 2.50. The third-order valence-electron chi connectivity index (χ3n) is 7.97. The zero-order chi connectivity index (χ0) is 26.6. The van der Waals surface area contributed by atoms with Crippen LogP contribution in [0.5, 0.6) is 0 Å². The van der Waals surface area contributed by atoms with Gasteiger partial charge in [-0.25, -0.2) is 0 Å². The summed E-state index contributed by atoms with van der Waals surface area (Å²) in [5, 5.41) is 12.6. The molecule has 37 heavy (non-hydrogen) atoms. The van der Waals surface area contributed by atoms with Crippen LogP contribution in [0.15, 0.2) is 54.6 Å². The average Bonchev–Trinajstić information content (AvgIpc) is 3.48. The topological polar surface area (TPSA) is 99.1 Å². The summed E-state index contributed by atoms with van der Waals surface area (Å²) in [5.41, 5.74) is 2.49. The summed E-state index contributed by atoms with van der Waals surface area (Å²) in [6, 6.07) is 16.9. The maximum absolute atomic E-state index is 13.1. The Morgan fingerprint density at radius 3 is 2.43 bits per heavy atom. The van der Waals surface area contributed by atoms with Crippen LogP contribution in [-0.4, -0.2) is 66.3 Å². The van der Waals surface area contributed by atoms with Crippen molar-refractivity contribution in [2.45, 2.75) is 75.9 Å². The normalized spacial score (nSPS) is 25.9. The van der Waals surface area contributed by atoms with E-state index in [1.807, 2.05) is 55.6 Å². The fourth-order valence-electron chi connectivity index (χ4n) is 6.11. The SMILES string of the molecule is C[C@H]1[C@H]([Si](C)(C)O)[C@@H](CC(=O)N2CCC[C@H]2CO)O[C@H]1CCc1ccc(NC(=O)c2ccccc2)cc1. The number of nitrogens with zero attached hydrogens (tertiary/aromatic N) is 1. The summed E-state index contributed by atoms with van der Waals surface area (Å²) in [7, 11) is -2.57. The molecule has 2 aromatic carbocycles. The summed E-state index contributed by atoms with van der Waals surface area (Å²) >= 11 is 0. The molecule has 7 nitrogen and oxygen atoms in total. The number of ether oxygens (including phenoxy) is 1. The first kappa shape index (κ1) is 27.5. The van der Waals surface area contributed by atoms with Gasteiger partial charge in [0.15, 0.2) is 8.32 Å². The molecule has 2 heterocycles. The Morgan fingerprint density at radius 1 is 1.08 bits per heavy atom. The van der Waals surface area contributed by atoms with Crippen LogP contribution in [0.1, 0.15) is 48.5 Å². The van der Waals surface area contributed by atoms with Gasteiger partial charge in [-0.1, -0.05) is 37.3 Å². The highest BCUT2D eigenvalue weighted by atomic mass is 28.4. The van der Waals surface area contributed by atoms with E-state index in [4.69, 9.17) is 4.74 Å². The molecule has 8 heteroatoms. The largest absolute Gasteiger partial charge is 0.432 e. The third-order valence-corrected chi connectivity index (χ3v) is 10.5. The maximum atomic E-state index is 13.1. The van der Waals surface area contributed by atoms with Crippen LogP contribution < -0.4 is 5.32 Å². The lowest BCUT2D eigenvalue weighted by Gasteiger charge is -2.31. The summed E-state index contributed by atoms with van der Waals surface area (Å²) in [4.78, 5) is 38.3. The Labute approximate surface area is 221 Å². The molecule has 3 N–H and O–H groups in total. The number of aryl methyl sites for hydroxylation is 1. The number of aliphatic hydroxyl groups excluding tert-OH is 1. The van der Waals surface area contributed by atoms with Gasteiger partial charge in [-0.15, -0.1) is 0 Å².